The molecule has 3 aliphatic rings. The summed E-state index contributed by atoms with van der Waals surface area (Å²) in [6, 6.07) is 23.5. The molecule has 4 aromatic carbocycles. The van der Waals surface area contributed by atoms with Crippen molar-refractivity contribution in [1.82, 2.24) is 51.0 Å². The molecule has 3 saturated carbocycles. The molecule has 3 fully saturated rings. The molecule has 65 heavy (non-hydrogen) atoms. The maximum Gasteiger partial charge on any atom is 0.251 e. The lowest BCUT2D eigenvalue weighted by Crippen LogP contribution is -2.45. The minimum Gasteiger partial charge on any atom is -0.347 e. The molecule has 340 valence electrons. The Labute approximate surface area is 380 Å². The van der Waals surface area contributed by atoms with E-state index in [-0.39, 0.29) is 33.7 Å². The zero-order valence-electron chi connectivity index (χ0n) is 39.1. The molecule has 2 heterocycles. The van der Waals surface area contributed by atoms with Gasteiger partial charge in [0.2, 0.25) is 0 Å². The van der Waals surface area contributed by atoms with Gasteiger partial charge in [0.15, 0.2) is 23.3 Å². The van der Waals surface area contributed by atoms with E-state index in [1.54, 1.807) is 27.6 Å². The highest BCUT2D eigenvalue weighted by molar-refractivity contribution is 5.97. The number of amides is 2. The molecular weight excluding hydrogens is 823 g/mol. The number of aromatic nitrogens is 8. The Hall–Kier alpha value is -6.18. The molecule has 12 nitrogen and oxygen atoms in total. The fourth-order valence-corrected chi connectivity index (χ4v) is 8.30. The van der Waals surface area contributed by atoms with Crippen molar-refractivity contribution in [2.45, 2.75) is 136 Å². The second kappa shape index (κ2) is 17.0. The lowest BCUT2D eigenvalue weighted by molar-refractivity contribution is 0.0894. The number of nitrogens with one attached hydrogen (secondary N) is 2. The Balaban J connectivity index is 0.000000177. The van der Waals surface area contributed by atoms with Crippen LogP contribution in [0.25, 0.3) is 33.6 Å². The van der Waals surface area contributed by atoms with Gasteiger partial charge in [-0.15, -0.1) is 10.2 Å². The quantitative estimate of drug-likeness (QED) is 0.131. The summed E-state index contributed by atoms with van der Waals surface area (Å²) in [4.78, 5) is 26.6. The SMILES string of the molecule is CC(C)(C)c1nnnn1-c1cc(C(=O)NC(C)(C)C2CC2)cc(-c2ccc(C3CC3)cc2)c1.CC(C)(C)c1nnnn1-c1cc(C(=O)NC(C)(C)C2CC2)cc(-c2ccc(F)c(F)c2)c1. The van der Waals surface area contributed by atoms with Crippen LogP contribution in [0.1, 0.15) is 152 Å². The molecular formula is C51H60F2N10O2. The first-order chi connectivity index (χ1) is 30.6. The highest BCUT2D eigenvalue weighted by Gasteiger charge is 2.40. The van der Waals surface area contributed by atoms with Crippen molar-refractivity contribution in [3.8, 4) is 33.6 Å². The first-order valence-corrected chi connectivity index (χ1v) is 22.7. The van der Waals surface area contributed by atoms with Crippen LogP contribution in [0.15, 0.2) is 78.9 Å². The largest absolute Gasteiger partial charge is 0.347 e. The number of carbonyl (C=O) groups is 2. The summed E-state index contributed by atoms with van der Waals surface area (Å²) in [6.07, 6.45) is 7.09. The molecule has 0 bridgehead atoms. The summed E-state index contributed by atoms with van der Waals surface area (Å²) in [5, 5.41) is 30.9. The maximum atomic E-state index is 13.9. The zero-order chi connectivity index (χ0) is 46.6. The summed E-state index contributed by atoms with van der Waals surface area (Å²) >= 11 is 0. The number of halogens is 2. The Morgan fingerprint density at radius 1 is 0.523 bits per heavy atom. The average Bonchev–Trinajstić information content (AvgIpc) is 4.16. The van der Waals surface area contributed by atoms with Crippen molar-refractivity contribution in [1.29, 1.82) is 0 Å². The third kappa shape index (κ3) is 10.4. The number of hydrogen-bond donors (Lipinski definition) is 2. The van der Waals surface area contributed by atoms with E-state index in [2.05, 4.69) is 107 Å². The van der Waals surface area contributed by atoms with E-state index < -0.39 is 11.6 Å². The van der Waals surface area contributed by atoms with Crippen LogP contribution in [0.5, 0.6) is 0 Å². The van der Waals surface area contributed by atoms with Gasteiger partial charge in [-0.05, 0) is 181 Å². The van der Waals surface area contributed by atoms with Crippen molar-refractivity contribution >= 4 is 11.8 Å². The number of rotatable bonds is 11. The van der Waals surface area contributed by atoms with Crippen LogP contribution in [0.4, 0.5) is 8.78 Å². The summed E-state index contributed by atoms with van der Waals surface area (Å²) in [6.45, 7) is 20.5. The molecule has 0 atom stereocenters. The monoisotopic (exact) mass is 882 g/mol. The number of carbonyl (C=O) groups excluding carboxylic acids is 2. The van der Waals surface area contributed by atoms with Gasteiger partial charge in [-0.1, -0.05) is 71.9 Å². The molecule has 0 saturated heterocycles. The predicted molar refractivity (Wildman–Crippen MR) is 247 cm³/mol. The molecule has 2 N–H and O–H groups in total. The summed E-state index contributed by atoms with van der Waals surface area (Å²) in [7, 11) is 0. The molecule has 0 unspecified atom stereocenters. The van der Waals surface area contributed by atoms with Gasteiger partial charge in [-0.25, -0.2) is 8.78 Å². The molecule has 2 aromatic heterocycles. The third-order valence-corrected chi connectivity index (χ3v) is 12.7. The highest BCUT2D eigenvalue weighted by Crippen LogP contribution is 2.42. The van der Waals surface area contributed by atoms with E-state index in [1.165, 1.54) is 37.3 Å². The average molecular weight is 883 g/mol. The third-order valence-electron chi connectivity index (χ3n) is 12.7. The van der Waals surface area contributed by atoms with Crippen LogP contribution in [-0.2, 0) is 10.8 Å². The van der Waals surface area contributed by atoms with Crippen molar-refractivity contribution < 1.29 is 18.4 Å². The molecule has 0 spiro atoms. The smallest absolute Gasteiger partial charge is 0.251 e. The molecule has 3 aliphatic carbocycles. The number of tetrazole rings is 2. The van der Waals surface area contributed by atoms with Gasteiger partial charge >= 0.3 is 0 Å². The Bertz CT molecular complexity index is 2730. The molecule has 0 radical (unpaired) electrons. The molecule has 6 aromatic rings. The highest BCUT2D eigenvalue weighted by atomic mass is 19.2. The Morgan fingerprint density at radius 3 is 1.35 bits per heavy atom. The van der Waals surface area contributed by atoms with Crippen molar-refractivity contribution in [3.05, 3.63) is 119 Å². The van der Waals surface area contributed by atoms with E-state index in [4.69, 9.17) is 0 Å². The predicted octanol–water partition coefficient (Wildman–Crippen LogP) is 10.2. The lowest BCUT2D eigenvalue weighted by atomic mass is 9.95. The summed E-state index contributed by atoms with van der Waals surface area (Å²) in [5.41, 5.74) is 5.73. The number of hydrogen-bond acceptors (Lipinski definition) is 8. The first kappa shape index (κ1) is 45.4. The van der Waals surface area contributed by atoms with Crippen molar-refractivity contribution in [2.24, 2.45) is 11.8 Å². The zero-order valence-corrected chi connectivity index (χ0v) is 39.1. The van der Waals surface area contributed by atoms with E-state index in [1.807, 2.05) is 46.8 Å². The van der Waals surface area contributed by atoms with E-state index in [0.29, 0.717) is 51.5 Å². The fourth-order valence-electron chi connectivity index (χ4n) is 8.30. The van der Waals surface area contributed by atoms with Gasteiger partial charge in [0.1, 0.15) is 0 Å². The summed E-state index contributed by atoms with van der Waals surface area (Å²) < 4.78 is 30.8. The van der Waals surface area contributed by atoms with Gasteiger partial charge in [-0.2, -0.15) is 9.36 Å². The fraction of sp³-hybridized carbons (Fsp3) is 0.451. The van der Waals surface area contributed by atoms with Gasteiger partial charge in [-0.3, -0.25) is 9.59 Å². The topological polar surface area (TPSA) is 145 Å². The van der Waals surface area contributed by atoms with Gasteiger partial charge in [0.25, 0.3) is 11.8 Å². The summed E-state index contributed by atoms with van der Waals surface area (Å²) in [5.74, 6) is 0.910. The van der Waals surface area contributed by atoms with Crippen LogP contribution >= 0.6 is 0 Å². The molecule has 14 heteroatoms. The minimum absolute atomic E-state index is 0.0602. The van der Waals surface area contributed by atoms with Crippen LogP contribution in [0.3, 0.4) is 0 Å². The lowest BCUT2D eigenvalue weighted by Gasteiger charge is -2.26. The molecule has 0 aliphatic heterocycles. The van der Waals surface area contributed by atoms with Crippen molar-refractivity contribution in [2.75, 3.05) is 0 Å². The second-order valence-electron chi connectivity index (χ2n) is 21.3. The first-order valence-electron chi connectivity index (χ1n) is 22.7. The van der Waals surface area contributed by atoms with E-state index in [9.17, 15) is 18.4 Å². The van der Waals surface area contributed by atoms with Crippen LogP contribution in [0.2, 0.25) is 0 Å². The van der Waals surface area contributed by atoms with Crippen molar-refractivity contribution in [3.63, 3.8) is 0 Å². The standard InChI is InChI=1S/C27H33N5O.C24H27F2N5O/c1-26(2,3)25-29-30-31-32(25)23-15-20(19-10-8-18(9-11-19)17-6-7-17)14-21(16-23)24(33)28-27(4,5)22-12-13-22;1-23(2,3)22-28-29-30-31(22)18-11-15(14-6-9-19(25)20(26)13-14)10-16(12-18)21(32)27-24(4,5)17-7-8-17/h8-11,14-17,22H,6-7,12-13H2,1-5H3,(H,28,33);6,9-13,17H,7-8H2,1-5H3,(H,27,32). The molecule has 2 amide bonds. The van der Waals surface area contributed by atoms with Gasteiger partial charge in [0, 0.05) is 33.0 Å². The van der Waals surface area contributed by atoms with E-state index in [0.717, 1.165) is 47.6 Å². The second-order valence-corrected chi connectivity index (χ2v) is 21.3. The normalized spacial score (nSPS) is 15.6. The number of nitrogens with zero attached hydrogens (tertiary/aromatic N) is 8. The minimum atomic E-state index is -0.952. The van der Waals surface area contributed by atoms with Crippen LogP contribution in [-0.4, -0.2) is 63.3 Å². The van der Waals surface area contributed by atoms with Crippen LogP contribution in [0, 0.1) is 23.5 Å². The van der Waals surface area contributed by atoms with Crippen LogP contribution < -0.4 is 10.6 Å². The molecule has 9 rings (SSSR count). The Morgan fingerprint density at radius 2 is 0.954 bits per heavy atom. The maximum absolute atomic E-state index is 13.9. The van der Waals surface area contributed by atoms with E-state index >= 15 is 0 Å². The Kier molecular flexibility index (Phi) is 11.9. The van der Waals surface area contributed by atoms with Gasteiger partial charge in [0.05, 0.1) is 11.4 Å². The number of benzene rings is 4. The van der Waals surface area contributed by atoms with Gasteiger partial charge < -0.3 is 10.6 Å².